The molecule has 1 unspecified atom stereocenters. The van der Waals surface area contributed by atoms with Crippen LogP contribution in [0.5, 0.6) is 0 Å². The number of rotatable bonds is 3. The van der Waals surface area contributed by atoms with Crippen LogP contribution in [0.2, 0.25) is 0 Å². The molecule has 0 aromatic carbocycles. The molecule has 0 radical (unpaired) electrons. The van der Waals surface area contributed by atoms with Gasteiger partial charge in [-0.1, -0.05) is 13.0 Å². The van der Waals surface area contributed by atoms with Gasteiger partial charge in [0.15, 0.2) is 0 Å². The van der Waals surface area contributed by atoms with Crippen molar-refractivity contribution < 1.29 is 4.21 Å². The molecule has 0 aliphatic carbocycles. The van der Waals surface area contributed by atoms with Crippen molar-refractivity contribution in [1.29, 1.82) is 0 Å². The van der Waals surface area contributed by atoms with E-state index in [1.54, 1.807) is 6.20 Å². The van der Waals surface area contributed by atoms with E-state index in [1.165, 1.54) is 0 Å². The maximum absolute atomic E-state index is 11.9. The molecule has 3 nitrogen and oxygen atoms in total. The molecule has 0 saturated carbocycles. The molecular weight excluding hydrogens is 220 g/mol. The second-order valence-electron chi connectivity index (χ2n) is 4.47. The first-order chi connectivity index (χ1) is 7.45. The molecule has 0 bridgehead atoms. The van der Waals surface area contributed by atoms with E-state index in [4.69, 9.17) is 0 Å². The van der Waals surface area contributed by atoms with E-state index >= 15 is 0 Å². The van der Waals surface area contributed by atoms with E-state index in [0.29, 0.717) is 0 Å². The summed E-state index contributed by atoms with van der Waals surface area (Å²) >= 11 is 0. The average Bonchev–Trinajstić information content (AvgIpc) is 2.25. The largest absolute Gasteiger partial charge is 0.255 e. The molecule has 0 aliphatic heterocycles. The molecule has 1 heterocycles. The van der Waals surface area contributed by atoms with Crippen LogP contribution in [0, 0.1) is 0 Å². The molecule has 0 fully saturated rings. The molecule has 0 amide bonds. The Kier molecular flexibility index (Phi) is 4.35. The monoisotopic (exact) mass is 238 g/mol. The van der Waals surface area contributed by atoms with E-state index in [9.17, 15) is 4.21 Å². The Morgan fingerprint density at radius 2 is 2.12 bits per heavy atom. The van der Waals surface area contributed by atoms with Gasteiger partial charge < -0.3 is 0 Å². The van der Waals surface area contributed by atoms with Crippen molar-refractivity contribution in [2.75, 3.05) is 0 Å². The highest BCUT2D eigenvalue weighted by atomic mass is 32.2. The van der Waals surface area contributed by atoms with Crippen LogP contribution >= 0.6 is 0 Å². The summed E-state index contributed by atoms with van der Waals surface area (Å²) < 4.78 is 15.8. The van der Waals surface area contributed by atoms with Crippen LogP contribution in [0.25, 0.3) is 0 Å². The SMILES string of the molecule is CCC(=NS(=O)C(C)(C)C)c1ccccn1. The summed E-state index contributed by atoms with van der Waals surface area (Å²) in [5.41, 5.74) is 1.61. The van der Waals surface area contributed by atoms with Crippen molar-refractivity contribution in [2.45, 2.75) is 38.9 Å². The van der Waals surface area contributed by atoms with Crippen molar-refractivity contribution in [3.05, 3.63) is 30.1 Å². The Balaban J connectivity index is 3.00. The van der Waals surface area contributed by atoms with E-state index < -0.39 is 11.0 Å². The van der Waals surface area contributed by atoms with Gasteiger partial charge >= 0.3 is 0 Å². The van der Waals surface area contributed by atoms with Crippen LogP contribution in [0.1, 0.15) is 39.8 Å². The molecule has 4 heteroatoms. The highest BCUT2D eigenvalue weighted by Gasteiger charge is 2.19. The van der Waals surface area contributed by atoms with Gasteiger partial charge in [-0.15, -0.1) is 0 Å². The zero-order valence-corrected chi connectivity index (χ0v) is 11.0. The average molecular weight is 238 g/mol. The Bertz CT molecular complexity index is 393. The summed E-state index contributed by atoms with van der Waals surface area (Å²) in [4.78, 5) is 4.22. The molecule has 1 aromatic heterocycles. The predicted molar refractivity (Wildman–Crippen MR) is 69.0 cm³/mol. The minimum absolute atomic E-state index is 0.324. The van der Waals surface area contributed by atoms with E-state index in [2.05, 4.69) is 9.38 Å². The summed E-state index contributed by atoms with van der Waals surface area (Å²) in [6.07, 6.45) is 2.46. The van der Waals surface area contributed by atoms with Gasteiger partial charge in [0.05, 0.1) is 16.2 Å². The van der Waals surface area contributed by atoms with Gasteiger partial charge in [-0.25, -0.2) is 4.21 Å². The molecule has 0 aliphatic rings. The van der Waals surface area contributed by atoms with Gasteiger partial charge in [-0.3, -0.25) is 4.98 Å². The summed E-state index contributed by atoms with van der Waals surface area (Å²) in [7, 11) is -1.22. The Morgan fingerprint density at radius 1 is 1.44 bits per heavy atom. The van der Waals surface area contributed by atoms with E-state index in [0.717, 1.165) is 17.8 Å². The Morgan fingerprint density at radius 3 is 2.56 bits per heavy atom. The quantitative estimate of drug-likeness (QED) is 0.760. The lowest BCUT2D eigenvalue weighted by atomic mass is 10.2. The molecule has 16 heavy (non-hydrogen) atoms. The summed E-state index contributed by atoms with van der Waals surface area (Å²) in [6, 6.07) is 5.66. The Hall–Kier alpha value is -1.03. The second-order valence-corrected chi connectivity index (χ2v) is 6.37. The number of hydrogen-bond donors (Lipinski definition) is 0. The predicted octanol–water partition coefficient (Wildman–Crippen LogP) is 2.74. The lowest BCUT2D eigenvalue weighted by Gasteiger charge is -2.14. The number of nitrogens with zero attached hydrogens (tertiary/aromatic N) is 2. The van der Waals surface area contributed by atoms with Crippen molar-refractivity contribution >= 4 is 16.7 Å². The maximum Gasteiger partial charge on any atom is 0.145 e. The van der Waals surface area contributed by atoms with Gasteiger partial charge in [0.1, 0.15) is 11.0 Å². The number of aromatic nitrogens is 1. The van der Waals surface area contributed by atoms with E-state index in [-0.39, 0.29) is 4.75 Å². The van der Waals surface area contributed by atoms with Crippen molar-refractivity contribution in [2.24, 2.45) is 4.40 Å². The summed E-state index contributed by atoms with van der Waals surface area (Å²) in [6.45, 7) is 7.74. The molecule has 0 saturated heterocycles. The van der Waals surface area contributed by atoms with Gasteiger partial charge in [0.25, 0.3) is 0 Å². The topological polar surface area (TPSA) is 42.3 Å². The van der Waals surface area contributed by atoms with Gasteiger partial charge in [-0.05, 0) is 39.3 Å². The lowest BCUT2D eigenvalue weighted by Crippen LogP contribution is -2.21. The number of hydrogen-bond acceptors (Lipinski definition) is 2. The molecule has 88 valence electrons. The third-order valence-corrected chi connectivity index (χ3v) is 3.45. The molecule has 0 spiro atoms. The van der Waals surface area contributed by atoms with Gasteiger partial charge in [0.2, 0.25) is 0 Å². The molecular formula is C12H18N2OS. The van der Waals surface area contributed by atoms with Crippen LogP contribution in [0.15, 0.2) is 28.8 Å². The molecule has 1 aromatic rings. The fourth-order valence-corrected chi connectivity index (χ4v) is 1.76. The van der Waals surface area contributed by atoms with Crippen LogP contribution in [0.4, 0.5) is 0 Å². The highest BCUT2D eigenvalue weighted by Crippen LogP contribution is 2.14. The van der Waals surface area contributed by atoms with Gasteiger partial charge in [0, 0.05) is 6.20 Å². The fourth-order valence-electron chi connectivity index (χ4n) is 1.06. The molecule has 0 N–H and O–H groups in total. The first kappa shape index (κ1) is 13.0. The van der Waals surface area contributed by atoms with E-state index in [1.807, 2.05) is 45.9 Å². The van der Waals surface area contributed by atoms with Crippen molar-refractivity contribution in [3.63, 3.8) is 0 Å². The number of pyridine rings is 1. The van der Waals surface area contributed by atoms with Crippen LogP contribution < -0.4 is 0 Å². The normalized spacial score (nSPS) is 14.9. The second kappa shape index (κ2) is 5.34. The zero-order valence-electron chi connectivity index (χ0n) is 10.2. The smallest absolute Gasteiger partial charge is 0.145 e. The summed E-state index contributed by atoms with van der Waals surface area (Å²) in [5.74, 6) is 0. The Labute approximate surface area is 99.6 Å². The maximum atomic E-state index is 11.9. The minimum atomic E-state index is -1.22. The zero-order chi connectivity index (χ0) is 12.2. The first-order valence-corrected chi connectivity index (χ1v) is 6.46. The third-order valence-electron chi connectivity index (χ3n) is 2.01. The van der Waals surface area contributed by atoms with Crippen molar-refractivity contribution in [1.82, 2.24) is 4.98 Å². The van der Waals surface area contributed by atoms with Crippen LogP contribution in [-0.2, 0) is 11.0 Å². The van der Waals surface area contributed by atoms with Crippen LogP contribution in [-0.4, -0.2) is 19.7 Å². The van der Waals surface area contributed by atoms with Crippen LogP contribution in [0.3, 0.4) is 0 Å². The minimum Gasteiger partial charge on any atom is -0.255 e. The highest BCUT2D eigenvalue weighted by molar-refractivity contribution is 7.85. The molecule has 1 atom stereocenters. The summed E-state index contributed by atoms with van der Waals surface area (Å²) in [5, 5.41) is 0. The van der Waals surface area contributed by atoms with Gasteiger partial charge in [-0.2, -0.15) is 4.40 Å². The lowest BCUT2D eigenvalue weighted by molar-refractivity contribution is 0.650. The van der Waals surface area contributed by atoms with Crippen molar-refractivity contribution in [3.8, 4) is 0 Å². The third kappa shape index (κ3) is 3.52. The molecule has 1 rings (SSSR count). The fraction of sp³-hybridized carbons (Fsp3) is 0.500. The standard InChI is InChI=1S/C12H18N2OS/c1-5-10(11-8-6-7-9-13-11)14-16(15)12(2,3)4/h6-9H,5H2,1-4H3. The first-order valence-electron chi connectivity index (χ1n) is 5.36.